The van der Waals surface area contributed by atoms with Crippen molar-refractivity contribution in [1.29, 1.82) is 0 Å². The monoisotopic (exact) mass is 310 g/mol. The molecule has 0 spiro atoms. The molecule has 1 aliphatic rings. The first-order valence-corrected chi connectivity index (χ1v) is 7.66. The molecular weight excluding hydrogens is 288 g/mol. The summed E-state index contributed by atoms with van der Waals surface area (Å²) in [5.41, 5.74) is 8.47. The Labute approximate surface area is 119 Å². The number of nitrogens with two attached hydrogens (primary N) is 1. The largest absolute Gasteiger partial charge is 0.368 e. The zero-order valence-corrected chi connectivity index (χ0v) is 12.9. The highest BCUT2D eigenvalue weighted by Gasteiger charge is 2.24. The topological polar surface area (TPSA) is 29.3 Å². The van der Waals surface area contributed by atoms with E-state index in [0.29, 0.717) is 12.6 Å². The zero-order valence-electron chi connectivity index (χ0n) is 11.3. The number of hydrogen-bond acceptors (Lipinski definition) is 2. The highest BCUT2D eigenvalue weighted by molar-refractivity contribution is 9.10. The van der Waals surface area contributed by atoms with Gasteiger partial charge in [-0.3, -0.25) is 0 Å². The predicted octanol–water partition coefficient (Wildman–Crippen LogP) is 3.58. The van der Waals surface area contributed by atoms with Gasteiger partial charge in [0, 0.05) is 22.7 Å². The normalized spacial score (nSPS) is 24.3. The van der Waals surface area contributed by atoms with Gasteiger partial charge in [0.15, 0.2) is 0 Å². The number of rotatable bonds is 3. The zero-order chi connectivity index (χ0) is 13.1. The fourth-order valence-corrected chi connectivity index (χ4v) is 3.14. The minimum absolute atomic E-state index is 0.632. The third-order valence-corrected chi connectivity index (χ3v) is 4.38. The molecule has 2 N–H and O–H groups in total. The molecule has 2 unspecified atom stereocenters. The van der Waals surface area contributed by atoms with Crippen LogP contribution in [0.1, 0.15) is 32.3 Å². The van der Waals surface area contributed by atoms with E-state index in [0.717, 1.165) is 23.4 Å². The Morgan fingerprint density at radius 3 is 2.83 bits per heavy atom. The van der Waals surface area contributed by atoms with E-state index in [9.17, 15) is 0 Å². The van der Waals surface area contributed by atoms with E-state index in [2.05, 4.69) is 52.9 Å². The molecule has 2 rings (SSSR count). The molecule has 1 heterocycles. The van der Waals surface area contributed by atoms with Gasteiger partial charge < -0.3 is 10.6 Å². The SMILES string of the molecule is CC1CCC(C)N(c2cc(Br)ccc2CCN)C1. The summed E-state index contributed by atoms with van der Waals surface area (Å²) in [6.45, 7) is 6.56. The number of benzene rings is 1. The molecule has 2 atom stereocenters. The van der Waals surface area contributed by atoms with Gasteiger partial charge in [0.25, 0.3) is 0 Å². The Balaban J connectivity index is 2.32. The Bertz CT molecular complexity index is 405. The van der Waals surface area contributed by atoms with Gasteiger partial charge in [0.1, 0.15) is 0 Å². The number of anilines is 1. The van der Waals surface area contributed by atoms with Gasteiger partial charge in [-0.2, -0.15) is 0 Å². The quantitative estimate of drug-likeness (QED) is 0.924. The molecule has 1 fully saturated rings. The maximum absolute atomic E-state index is 5.73. The lowest BCUT2D eigenvalue weighted by Crippen LogP contribution is -2.41. The fraction of sp³-hybridized carbons (Fsp3) is 0.600. The Kier molecular flexibility index (Phi) is 4.68. The van der Waals surface area contributed by atoms with Crippen LogP contribution in [0.4, 0.5) is 5.69 Å². The molecule has 100 valence electrons. The highest BCUT2D eigenvalue weighted by Crippen LogP contribution is 2.32. The van der Waals surface area contributed by atoms with E-state index >= 15 is 0 Å². The van der Waals surface area contributed by atoms with Gasteiger partial charge in [0.05, 0.1) is 0 Å². The van der Waals surface area contributed by atoms with Crippen molar-refractivity contribution in [3.05, 3.63) is 28.2 Å². The molecular formula is C15H23BrN2. The van der Waals surface area contributed by atoms with Gasteiger partial charge in [-0.1, -0.05) is 28.9 Å². The summed E-state index contributed by atoms with van der Waals surface area (Å²) in [5, 5.41) is 0. The van der Waals surface area contributed by atoms with Crippen molar-refractivity contribution < 1.29 is 0 Å². The average molecular weight is 311 g/mol. The molecule has 0 saturated carbocycles. The van der Waals surface area contributed by atoms with Crippen molar-refractivity contribution in [2.24, 2.45) is 11.7 Å². The second-order valence-electron chi connectivity index (χ2n) is 5.50. The van der Waals surface area contributed by atoms with Gasteiger partial charge in [-0.05, 0) is 56.3 Å². The summed E-state index contributed by atoms with van der Waals surface area (Å²) in [5.74, 6) is 0.783. The van der Waals surface area contributed by atoms with Crippen LogP contribution in [0.2, 0.25) is 0 Å². The molecule has 0 aliphatic carbocycles. The maximum atomic E-state index is 5.73. The van der Waals surface area contributed by atoms with Crippen molar-refractivity contribution in [2.45, 2.75) is 39.2 Å². The number of piperidine rings is 1. The molecule has 1 saturated heterocycles. The summed E-state index contributed by atoms with van der Waals surface area (Å²) in [4.78, 5) is 2.56. The minimum Gasteiger partial charge on any atom is -0.368 e. The maximum Gasteiger partial charge on any atom is 0.0413 e. The number of hydrogen-bond donors (Lipinski definition) is 1. The Morgan fingerprint density at radius 1 is 1.33 bits per heavy atom. The van der Waals surface area contributed by atoms with Crippen LogP contribution in [0.25, 0.3) is 0 Å². The van der Waals surface area contributed by atoms with E-state index < -0.39 is 0 Å². The molecule has 0 radical (unpaired) electrons. The van der Waals surface area contributed by atoms with E-state index in [1.165, 1.54) is 24.1 Å². The molecule has 1 aromatic carbocycles. The molecule has 0 bridgehead atoms. The second-order valence-corrected chi connectivity index (χ2v) is 6.41. The van der Waals surface area contributed by atoms with Crippen LogP contribution in [0.15, 0.2) is 22.7 Å². The lowest BCUT2D eigenvalue weighted by molar-refractivity contribution is 0.390. The first-order chi connectivity index (χ1) is 8.61. The Hall–Kier alpha value is -0.540. The van der Waals surface area contributed by atoms with Crippen LogP contribution in [-0.4, -0.2) is 19.1 Å². The smallest absolute Gasteiger partial charge is 0.0413 e. The first kappa shape index (κ1) is 13.9. The van der Waals surface area contributed by atoms with Gasteiger partial charge in [0.2, 0.25) is 0 Å². The lowest BCUT2D eigenvalue weighted by Gasteiger charge is -2.39. The van der Waals surface area contributed by atoms with E-state index in [1.54, 1.807) is 0 Å². The Morgan fingerprint density at radius 2 is 2.11 bits per heavy atom. The van der Waals surface area contributed by atoms with Crippen LogP contribution >= 0.6 is 15.9 Å². The van der Waals surface area contributed by atoms with Crippen molar-refractivity contribution in [3.63, 3.8) is 0 Å². The summed E-state index contributed by atoms with van der Waals surface area (Å²) >= 11 is 3.59. The fourth-order valence-electron chi connectivity index (χ4n) is 2.80. The number of nitrogens with zero attached hydrogens (tertiary/aromatic N) is 1. The first-order valence-electron chi connectivity index (χ1n) is 6.87. The van der Waals surface area contributed by atoms with Crippen LogP contribution in [-0.2, 0) is 6.42 Å². The van der Waals surface area contributed by atoms with Crippen LogP contribution in [0.3, 0.4) is 0 Å². The van der Waals surface area contributed by atoms with Crippen LogP contribution in [0, 0.1) is 5.92 Å². The molecule has 1 aliphatic heterocycles. The molecule has 3 heteroatoms. The standard InChI is InChI=1S/C15H23BrN2/c1-11-3-4-12(2)18(10-11)15-9-14(16)6-5-13(15)7-8-17/h5-6,9,11-12H,3-4,7-8,10,17H2,1-2H3. The second kappa shape index (κ2) is 6.07. The van der Waals surface area contributed by atoms with Crippen molar-refractivity contribution in [2.75, 3.05) is 18.0 Å². The molecule has 2 nitrogen and oxygen atoms in total. The van der Waals surface area contributed by atoms with Crippen LogP contribution < -0.4 is 10.6 Å². The van der Waals surface area contributed by atoms with Crippen molar-refractivity contribution in [3.8, 4) is 0 Å². The van der Waals surface area contributed by atoms with Crippen LogP contribution in [0.5, 0.6) is 0 Å². The third kappa shape index (κ3) is 3.07. The van der Waals surface area contributed by atoms with Gasteiger partial charge >= 0.3 is 0 Å². The third-order valence-electron chi connectivity index (χ3n) is 3.89. The van der Waals surface area contributed by atoms with E-state index in [4.69, 9.17) is 5.73 Å². The number of halogens is 1. The summed E-state index contributed by atoms with van der Waals surface area (Å²) in [6, 6.07) is 7.21. The van der Waals surface area contributed by atoms with Crippen molar-refractivity contribution in [1.82, 2.24) is 0 Å². The molecule has 0 aromatic heterocycles. The van der Waals surface area contributed by atoms with Gasteiger partial charge in [-0.15, -0.1) is 0 Å². The molecule has 1 aromatic rings. The van der Waals surface area contributed by atoms with Gasteiger partial charge in [-0.25, -0.2) is 0 Å². The summed E-state index contributed by atoms with van der Waals surface area (Å²) < 4.78 is 1.16. The molecule has 0 amide bonds. The molecule has 18 heavy (non-hydrogen) atoms. The predicted molar refractivity (Wildman–Crippen MR) is 82.1 cm³/mol. The van der Waals surface area contributed by atoms with Crippen molar-refractivity contribution >= 4 is 21.6 Å². The summed E-state index contributed by atoms with van der Waals surface area (Å²) in [7, 11) is 0. The average Bonchev–Trinajstić information content (AvgIpc) is 2.35. The minimum atomic E-state index is 0.632. The highest BCUT2D eigenvalue weighted by atomic mass is 79.9. The van der Waals surface area contributed by atoms with E-state index in [1.807, 2.05) is 0 Å². The summed E-state index contributed by atoms with van der Waals surface area (Å²) in [6.07, 6.45) is 3.59. The lowest BCUT2D eigenvalue weighted by atomic mass is 9.93. The van der Waals surface area contributed by atoms with E-state index in [-0.39, 0.29) is 0 Å².